The van der Waals surface area contributed by atoms with Gasteiger partial charge in [-0.15, -0.1) is 0 Å². The van der Waals surface area contributed by atoms with Crippen LogP contribution in [-0.4, -0.2) is 35.6 Å². The Labute approximate surface area is 144 Å². The first-order valence-electron chi connectivity index (χ1n) is 7.64. The molecule has 0 spiro atoms. The zero-order valence-electron chi connectivity index (χ0n) is 13.5. The fraction of sp³-hybridized carbons (Fsp3) is 0.333. The van der Waals surface area contributed by atoms with Crippen molar-refractivity contribution in [2.45, 2.75) is 30.3 Å². The number of nitro groups is 1. The largest absolute Gasteiger partial charge is 0.361 e. The van der Waals surface area contributed by atoms with Crippen molar-refractivity contribution in [3.63, 3.8) is 0 Å². The van der Waals surface area contributed by atoms with Crippen molar-refractivity contribution >= 4 is 27.3 Å². The SMILES string of the molecule is CS(=O)(=O)c1ccc(CNc2ncc([N+](=O)[O-])c(NC3CC3)n2)cc1. The number of hydrogen-bond acceptors (Lipinski definition) is 8. The average Bonchev–Trinajstić information content (AvgIpc) is 3.36. The Bertz CT molecular complexity index is 895. The molecule has 0 atom stereocenters. The molecule has 1 aromatic heterocycles. The Balaban J connectivity index is 1.71. The van der Waals surface area contributed by atoms with Crippen molar-refractivity contribution in [3.05, 3.63) is 46.1 Å². The molecule has 1 aliphatic rings. The summed E-state index contributed by atoms with van der Waals surface area (Å²) in [6, 6.07) is 6.67. The van der Waals surface area contributed by atoms with Crippen LogP contribution in [0.3, 0.4) is 0 Å². The fourth-order valence-electron chi connectivity index (χ4n) is 2.16. The van der Waals surface area contributed by atoms with Crippen LogP contribution in [0.4, 0.5) is 17.5 Å². The van der Waals surface area contributed by atoms with Gasteiger partial charge in [0.2, 0.25) is 11.8 Å². The summed E-state index contributed by atoms with van der Waals surface area (Å²) in [7, 11) is -3.23. The molecule has 2 N–H and O–H groups in total. The Morgan fingerprint density at radius 1 is 1.28 bits per heavy atom. The summed E-state index contributed by atoms with van der Waals surface area (Å²) in [4.78, 5) is 18.9. The standard InChI is InChI=1S/C15H17N5O4S/c1-25(23,24)12-6-2-10(3-7-12)8-16-15-17-9-13(20(21)22)14(19-15)18-11-4-5-11/h2-3,6-7,9,11H,4-5,8H2,1H3,(H2,16,17,18,19). The normalized spacial score (nSPS) is 14.1. The second-order valence-electron chi connectivity index (χ2n) is 5.87. The number of anilines is 2. The molecule has 25 heavy (non-hydrogen) atoms. The van der Waals surface area contributed by atoms with E-state index in [4.69, 9.17) is 0 Å². The van der Waals surface area contributed by atoms with E-state index in [1.807, 2.05) is 0 Å². The van der Waals surface area contributed by atoms with Crippen LogP contribution in [0.25, 0.3) is 0 Å². The maximum Gasteiger partial charge on any atom is 0.329 e. The number of nitrogens with zero attached hydrogens (tertiary/aromatic N) is 3. The molecule has 1 aromatic carbocycles. The van der Waals surface area contributed by atoms with Crippen molar-refractivity contribution < 1.29 is 13.3 Å². The van der Waals surface area contributed by atoms with Gasteiger partial charge in [0.25, 0.3) is 0 Å². The van der Waals surface area contributed by atoms with E-state index >= 15 is 0 Å². The highest BCUT2D eigenvalue weighted by molar-refractivity contribution is 7.90. The molecule has 0 aliphatic heterocycles. The molecule has 0 amide bonds. The zero-order valence-corrected chi connectivity index (χ0v) is 14.3. The fourth-order valence-corrected chi connectivity index (χ4v) is 2.79. The molecule has 1 fully saturated rings. The Kier molecular flexibility index (Phi) is 4.53. The van der Waals surface area contributed by atoms with E-state index in [-0.39, 0.29) is 28.4 Å². The second-order valence-corrected chi connectivity index (χ2v) is 7.89. The van der Waals surface area contributed by atoms with Crippen LogP contribution < -0.4 is 10.6 Å². The summed E-state index contributed by atoms with van der Waals surface area (Å²) in [6.45, 7) is 0.366. The predicted octanol–water partition coefficient (Wildman–Crippen LogP) is 1.97. The molecule has 1 saturated carbocycles. The molecule has 3 rings (SSSR count). The van der Waals surface area contributed by atoms with Crippen molar-refractivity contribution in [1.29, 1.82) is 0 Å². The number of aromatic nitrogens is 2. The zero-order chi connectivity index (χ0) is 18.0. The van der Waals surface area contributed by atoms with Gasteiger partial charge < -0.3 is 10.6 Å². The number of hydrogen-bond donors (Lipinski definition) is 2. The minimum atomic E-state index is -3.23. The van der Waals surface area contributed by atoms with E-state index in [9.17, 15) is 18.5 Å². The molecule has 0 unspecified atom stereocenters. The number of nitrogens with one attached hydrogen (secondary N) is 2. The molecule has 9 nitrogen and oxygen atoms in total. The van der Waals surface area contributed by atoms with Gasteiger partial charge in [-0.05, 0) is 30.5 Å². The lowest BCUT2D eigenvalue weighted by Crippen LogP contribution is -2.10. The van der Waals surface area contributed by atoms with Gasteiger partial charge in [0, 0.05) is 18.8 Å². The highest BCUT2D eigenvalue weighted by atomic mass is 32.2. The monoisotopic (exact) mass is 363 g/mol. The first-order chi connectivity index (χ1) is 11.8. The first kappa shape index (κ1) is 17.1. The van der Waals surface area contributed by atoms with Crippen LogP contribution in [0.15, 0.2) is 35.4 Å². The highest BCUT2D eigenvalue weighted by Crippen LogP contribution is 2.29. The van der Waals surface area contributed by atoms with Gasteiger partial charge in [-0.3, -0.25) is 10.1 Å². The van der Waals surface area contributed by atoms with E-state index < -0.39 is 14.8 Å². The third kappa shape index (κ3) is 4.41. The summed E-state index contributed by atoms with van der Waals surface area (Å²) >= 11 is 0. The Hall–Kier alpha value is -2.75. The lowest BCUT2D eigenvalue weighted by atomic mass is 10.2. The topological polar surface area (TPSA) is 127 Å². The molecule has 132 valence electrons. The molecule has 0 radical (unpaired) electrons. The Morgan fingerprint density at radius 3 is 2.52 bits per heavy atom. The lowest BCUT2D eigenvalue weighted by molar-refractivity contribution is -0.384. The minimum Gasteiger partial charge on any atom is -0.361 e. The van der Waals surface area contributed by atoms with Crippen LogP contribution in [0, 0.1) is 10.1 Å². The number of rotatable bonds is 7. The van der Waals surface area contributed by atoms with Crippen molar-refractivity contribution in [2.75, 3.05) is 16.9 Å². The first-order valence-corrected chi connectivity index (χ1v) is 9.53. The molecule has 1 heterocycles. The Morgan fingerprint density at radius 2 is 1.96 bits per heavy atom. The molecule has 2 aromatic rings. The highest BCUT2D eigenvalue weighted by Gasteiger charge is 2.26. The average molecular weight is 363 g/mol. The van der Waals surface area contributed by atoms with Gasteiger partial charge in [0.15, 0.2) is 9.84 Å². The van der Waals surface area contributed by atoms with E-state index in [1.165, 1.54) is 18.3 Å². The molecule has 10 heteroatoms. The van der Waals surface area contributed by atoms with E-state index in [0.717, 1.165) is 24.7 Å². The van der Waals surface area contributed by atoms with E-state index in [2.05, 4.69) is 20.6 Å². The molecule has 1 aliphatic carbocycles. The van der Waals surface area contributed by atoms with Gasteiger partial charge in [0.1, 0.15) is 6.20 Å². The van der Waals surface area contributed by atoms with Crippen LogP contribution in [0.1, 0.15) is 18.4 Å². The van der Waals surface area contributed by atoms with Crippen molar-refractivity contribution in [2.24, 2.45) is 0 Å². The maximum absolute atomic E-state index is 11.4. The third-order valence-electron chi connectivity index (χ3n) is 3.69. The molecular weight excluding hydrogens is 346 g/mol. The molecular formula is C15H17N5O4S. The van der Waals surface area contributed by atoms with Gasteiger partial charge >= 0.3 is 5.69 Å². The summed E-state index contributed by atoms with van der Waals surface area (Å²) in [5, 5.41) is 17.1. The third-order valence-corrected chi connectivity index (χ3v) is 4.81. The molecule has 0 bridgehead atoms. The van der Waals surface area contributed by atoms with Gasteiger partial charge in [-0.1, -0.05) is 12.1 Å². The molecule has 0 saturated heterocycles. The second kappa shape index (κ2) is 6.63. The maximum atomic E-state index is 11.4. The van der Waals surface area contributed by atoms with E-state index in [0.29, 0.717) is 6.54 Å². The number of benzene rings is 1. The van der Waals surface area contributed by atoms with Gasteiger partial charge in [-0.25, -0.2) is 13.4 Å². The number of sulfone groups is 1. The summed E-state index contributed by atoms with van der Waals surface area (Å²) < 4.78 is 22.9. The smallest absolute Gasteiger partial charge is 0.329 e. The van der Waals surface area contributed by atoms with Gasteiger partial charge in [-0.2, -0.15) is 4.98 Å². The van der Waals surface area contributed by atoms with Crippen LogP contribution in [0.2, 0.25) is 0 Å². The quantitative estimate of drug-likeness (QED) is 0.564. The summed E-state index contributed by atoms with van der Waals surface area (Å²) in [6.07, 6.45) is 4.26. The van der Waals surface area contributed by atoms with Crippen molar-refractivity contribution in [3.8, 4) is 0 Å². The van der Waals surface area contributed by atoms with Crippen LogP contribution in [0.5, 0.6) is 0 Å². The van der Waals surface area contributed by atoms with E-state index in [1.54, 1.807) is 12.1 Å². The minimum absolute atomic E-state index is 0.157. The van der Waals surface area contributed by atoms with Crippen LogP contribution >= 0.6 is 0 Å². The van der Waals surface area contributed by atoms with Crippen LogP contribution in [-0.2, 0) is 16.4 Å². The van der Waals surface area contributed by atoms with Crippen molar-refractivity contribution in [1.82, 2.24) is 9.97 Å². The summed E-state index contributed by atoms with van der Waals surface area (Å²) in [5.41, 5.74) is 0.681. The predicted molar refractivity (Wildman–Crippen MR) is 92.2 cm³/mol. The van der Waals surface area contributed by atoms with Gasteiger partial charge in [0.05, 0.1) is 9.82 Å². The lowest BCUT2D eigenvalue weighted by Gasteiger charge is -2.09. The summed E-state index contributed by atoms with van der Waals surface area (Å²) in [5.74, 6) is 0.471.